The van der Waals surface area contributed by atoms with Crippen LogP contribution >= 0.6 is 35.3 Å². The van der Waals surface area contributed by atoms with Crippen LogP contribution in [-0.4, -0.2) is 36.0 Å². The van der Waals surface area contributed by atoms with E-state index in [1.165, 1.54) is 11.3 Å². The molecule has 6 heteroatoms. The Kier molecular flexibility index (Phi) is 5.46. The highest BCUT2D eigenvalue weighted by molar-refractivity contribution is 7.13. The minimum Gasteiger partial charge on any atom is -0.332 e. The number of nitrogens with zero attached hydrogens (tertiary/aromatic N) is 1. The maximum atomic E-state index is 12.4. The maximum absolute atomic E-state index is 12.4. The zero-order valence-corrected chi connectivity index (χ0v) is 13.1. The first kappa shape index (κ1) is 15.8. The molecule has 0 spiro atoms. The van der Waals surface area contributed by atoms with Crippen LogP contribution in [0.3, 0.4) is 0 Å². The van der Waals surface area contributed by atoms with Crippen LogP contribution in [0, 0.1) is 6.92 Å². The van der Waals surface area contributed by atoms with Crippen molar-refractivity contribution in [3.8, 4) is 0 Å². The van der Waals surface area contributed by atoms with Gasteiger partial charge in [0.15, 0.2) is 0 Å². The summed E-state index contributed by atoms with van der Waals surface area (Å²) in [6.45, 7) is 7.67. The highest BCUT2D eigenvalue weighted by atomic mass is 35.5. The highest BCUT2D eigenvalue weighted by Gasteiger charge is 2.29. The first-order valence-corrected chi connectivity index (χ1v) is 7.04. The summed E-state index contributed by atoms with van der Waals surface area (Å²) >= 11 is 7.59. The van der Waals surface area contributed by atoms with E-state index in [9.17, 15) is 4.79 Å². The Morgan fingerprint density at radius 1 is 1.56 bits per heavy atom. The normalized spacial score (nSPS) is 23.7. The van der Waals surface area contributed by atoms with Crippen molar-refractivity contribution < 1.29 is 4.79 Å². The van der Waals surface area contributed by atoms with Crippen molar-refractivity contribution in [3.05, 3.63) is 20.8 Å². The summed E-state index contributed by atoms with van der Waals surface area (Å²) in [5.74, 6) is 0.0638. The summed E-state index contributed by atoms with van der Waals surface area (Å²) in [4.78, 5) is 15.0. The van der Waals surface area contributed by atoms with E-state index in [1.54, 1.807) is 0 Å². The van der Waals surface area contributed by atoms with Gasteiger partial charge in [-0.3, -0.25) is 4.79 Å². The van der Waals surface area contributed by atoms with Gasteiger partial charge in [-0.2, -0.15) is 0 Å². The second-order valence-electron chi connectivity index (χ2n) is 4.68. The van der Waals surface area contributed by atoms with Crippen LogP contribution in [-0.2, 0) is 0 Å². The predicted octanol–water partition coefficient (Wildman–Crippen LogP) is 2.95. The average Bonchev–Trinajstić information content (AvgIpc) is 2.62. The van der Waals surface area contributed by atoms with Gasteiger partial charge in [-0.1, -0.05) is 11.6 Å². The molecule has 18 heavy (non-hydrogen) atoms. The number of carbonyl (C=O) groups is 1. The standard InChI is InChI=1S/C12H17ClN2OS.ClH/c1-7-6-17-11(10(7)13)12(16)15-5-8(2)14-4-9(15)3;/h6,8-9,14H,4-5H2,1-3H3;1H. The van der Waals surface area contributed by atoms with Gasteiger partial charge < -0.3 is 10.2 Å². The lowest BCUT2D eigenvalue weighted by Gasteiger charge is -2.37. The third-order valence-electron chi connectivity index (χ3n) is 3.12. The largest absolute Gasteiger partial charge is 0.332 e. The summed E-state index contributed by atoms with van der Waals surface area (Å²) in [5.41, 5.74) is 0.982. The third kappa shape index (κ3) is 2.99. The fourth-order valence-electron chi connectivity index (χ4n) is 2.01. The molecule has 1 saturated heterocycles. The molecule has 2 atom stereocenters. The smallest absolute Gasteiger partial charge is 0.265 e. The number of hydrogen-bond acceptors (Lipinski definition) is 3. The van der Waals surface area contributed by atoms with Crippen molar-refractivity contribution >= 4 is 41.3 Å². The summed E-state index contributed by atoms with van der Waals surface area (Å²) < 4.78 is 0. The number of amides is 1. The van der Waals surface area contributed by atoms with Crippen LogP contribution in [0.1, 0.15) is 29.1 Å². The molecular weight excluding hydrogens is 291 g/mol. The molecule has 1 aromatic heterocycles. The minimum atomic E-state index is 0. The molecule has 1 fully saturated rings. The molecule has 2 rings (SSSR count). The van der Waals surface area contributed by atoms with Gasteiger partial charge in [-0.15, -0.1) is 23.7 Å². The van der Waals surface area contributed by atoms with E-state index in [-0.39, 0.29) is 24.4 Å². The molecule has 1 aliphatic heterocycles. The predicted molar refractivity (Wildman–Crippen MR) is 79.3 cm³/mol. The summed E-state index contributed by atoms with van der Waals surface area (Å²) in [5, 5.41) is 5.91. The number of nitrogens with one attached hydrogen (secondary N) is 1. The van der Waals surface area contributed by atoms with E-state index in [0.29, 0.717) is 15.9 Å². The number of thiophene rings is 1. The molecule has 0 bridgehead atoms. The van der Waals surface area contributed by atoms with Gasteiger partial charge in [0.1, 0.15) is 4.88 Å². The van der Waals surface area contributed by atoms with Crippen molar-refractivity contribution in [2.45, 2.75) is 32.9 Å². The van der Waals surface area contributed by atoms with Gasteiger partial charge in [0.25, 0.3) is 5.91 Å². The Bertz CT molecular complexity index is 436. The SMILES string of the molecule is Cc1csc(C(=O)N2CC(C)NCC2C)c1Cl.Cl. The molecule has 2 heterocycles. The number of piperazine rings is 1. The van der Waals surface area contributed by atoms with Gasteiger partial charge in [0, 0.05) is 25.2 Å². The van der Waals surface area contributed by atoms with E-state index in [2.05, 4.69) is 19.2 Å². The molecule has 102 valence electrons. The van der Waals surface area contributed by atoms with Crippen LogP contribution in [0.5, 0.6) is 0 Å². The first-order valence-electron chi connectivity index (χ1n) is 5.78. The fraction of sp³-hybridized carbons (Fsp3) is 0.583. The number of aryl methyl sites for hydroxylation is 1. The fourth-order valence-corrected chi connectivity index (χ4v) is 3.24. The van der Waals surface area contributed by atoms with Crippen LogP contribution < -0.4 is 5.32 Å². The molecule has 0 aromatic carbocycles. The zero-order valence-electron chi connectivity index (χ0n) is 10.7. The number of carbonyl (C=O) groups excluding carboxylic acids is 1. The highest BCUT2D eigenvalue weighted by Crippen LogP contribution is 2.29. The Hall–Kier alpha value is -0.290. The topological polar surface area (TPSA) is 32.3 Å². The summed E-state index contributed by atoms with van der Waals surface area (Å²) in [6.07, 6.45) is 0. The molecule has 0 saturated carbocycles. The van der Waals surface area contributed by atoms with Crippen LogP contribution in [0.4, 0.5) is 0 Å². The van der Waals surface area contributed by atoms with Crippen molar-refractivity contribution in [1.82, 2.24) is 10.2 Å². The Morgan fingerprint density at radius 2 is 2.22 bits per heavy atom. The number of halogens is 2. The van der Waals surface area contributed by atoms with Crippen LogP contribution in [0.25, 0.3) is 0 Å². The van der Waals surface area contributed by atoms with E-state index in [1.807, 2.05) is 17.2 Å². The Labute approximate surface area is 123 Å². The molecule has 0 radical (unpaired) electrons. The molecule has 0 aliphatic carbocycles. The molecule has 1 aliphatic rings. The van der Waals surface area contributed by atoms with Crippen LogP contribution in [0.2, 0.25) is 5.02 Å². The lowest BCUT2D eigenvalue weighted by Crippen LogP contribution is -2.56. The van der Waals surface area contributed by atoms with Gasteiger partial charge >= 0.3 is 0 Å². The maximum Gasteiger partial charge on any atom is 0.265 e. The monoisotopic (exact) mass is 308 g/mol. The molecule has 1 N–H and O–H groups in total. The van der Waals surface area contributed by atoms with E-state index in [0.717, 1.165) is 18.7 Å². The van der Waals surface area contributed by atoms with Gasteiger partial charge in [0.2, 0.25) is 0 Å². The lowest BCUT2D eigenvalue weighted by molar-refractivity contribution is 0.0621. The van der Waals surface area contributed by atoms with Crippen molar-refractivity contribution in [3.63, 3.8) is 0 Å². The second kappa shape index (κ2) is 6.24. The van der Waals surface area contributed by atoms with E-state index in [4.69, 9.17) is 11.6 Å². The Morgan fingerprint density at radius 3 is 2.78 bits per heavy atom. The molecule has 1 amide bonds. The second-order valence-corrected chi connectivity index (χ2v) is 5.94. The number of hydrogen-bond donors (Lipinski definition) is 1. The van der Waals surface area contributed by atoms with Crippen LogP contribution in [0.15, 0.2) is 5.38 Å². The van der Waals surface area contributed by atoms with Crippen molar-refractivity contribution in [2.75, 3.05) is 13.1 Å². The minimum absolute atomic E-state index is 0. The van der Waals surface area contributed by atoms with Gasteiger partial charge in [0.05, 0.1) is 5.02 Å². The zero-order chi connectivity index (χ0) is 12.6. The van der Waals surface area contributed by atoms with Crippen molar-refractivity contribution in [2.24, 2.45) is 0 Å². The first-order chi connectivity index (χ1) is 8.00. The van der Waals surface area contributed by atoms with Crippen molar-refractivity contribution in [1.29, 1.82) is 0 Å². The quantitative estimate of drug-likeness (QED) is 0.865. The molecule has 3 nitrogen and oxygen atoms in total. The lowest BCUT2D eigenvalue weighted by atomic mass is 10.1. The number of rotatable bonds is 1. The van der Waals surface area contributed by atoms with E-state index < -0.39 is 0 Å². The molecule has 2 unspecified atom stereocenters. The van der Waals surface area contributed by atoms with Gasteiger partial charge in [-0.25, -0.2) is 0 Å². The third-order valence-corrected chi connectivity index (χ3v) is 4.80. The molecular formula is C12H18Cl2N2OS. The van der Waals surface area contributed by atoms with Gasteiger partial charge in [-0.05, 0) is 31.7 Å². The Balaban J connectivity index is 0.00000162. The molecule has 1 aromatic rings. The summed E-state index contributed by atoms with van der Waals surface area (Å²) in [6, 6.07) is 0.562. The average molecular weight is 309 g/mol. The summed E-state index contributed by atoms with van der Waals surface area (Å²) in [7, 11) is 0. The van der Waals surface area contributed by atoms with E-state index >= 15 is 0 Å².